The van der Waals surface area contributed by atoms with Gasteiger partial charge in [-0.1, -0.05) is 41.7 Å². The molecular weight excluding hydrogens is 372 g/mol. The van der Waals surface area contributed by atoms with E-state index >= 15 is 0 Å². The molecule has 1 aliphatic rings. The van der Waals surface area contributed by atoms with Gasteiger partial charge in [-0.15, -0.1) is 22.6 Å². The Morgan fingerprint density at radius 2 is 1.92 bits per heavy atom. The third-order valence-electron chi connectivity index (χ3n) is 5.00. The van der Waals surface area contributed by atoms with Crippen LogP contribution in [0.4, 0.5) is 5.13 Å². The van der Waals surface area contributed by atoms with Crippen LogP contribution in [-0.4, -0.2) is 35.9 Å². The molecule has 1 saturated heterocycles. The summed E-state index contributed by atoms with van der Waals surface area (Å²) in [6.45, 7) is 5.64. The van der Waals surface area contributed by atoms with Gasteiger partial charge in [0.15, 0.2) is 0 Å². The molecule has 8 heteroatoms. The van der Waals surface area contributed by atoms with Crippen molar-refractivity contribution in [2.75, 3.05) is 25.1 Å². The van der Waals surface area contributed by atoms with Crippen molar-refractivity contribution in [2.45, 2.75) is 32.1 Å². The smallest absolute Gasteiger partial charge is 0.233 e. The van der Waals surface area contributed by atoms with Crippen molar-refractivity contribution in [3.63, 3.8) is 0 Å². The highest BCUT2D eigenvalue weighted by molar-refractivity contribution is 7.15. The van der Waals surface area contributed by atoms with E-state index < -0.39 is 5.41 Å². The van der Waals surface area contributed by atoms with E-state index in [-0.39, 0.29) is 23.7 Å². The van der Waals surface area contributed by atoms with Crippen LogP contribution in [-0.2, 0) is 14.9 Å². The van der Waals surface area contributed by atoms with Gasteiger partial charge in [-0.25, -0.2) is 0 Å². The summed E-state index contributed by atoms with van der Waals surface area (Å²) in [7, 11) is 0. The first-order valence-electron chi connectivity index (χ1n) is 8.47. The number of amides is 1. The van der Waals surface area contributed by atoms with Crippen LogP contribution >= 0.6 is 23.7 Å². The lowest BCUT2D eigenvalue weighted by Gasteiger charge is -2.34. The third-order valence-corrected chi connectivity index (χ3v) is 6.16. The van der Waals surface area contributed by atoms with Crippen LogP contribution < -0.4 is 11.1 Å². The number of hydrogen-bond donors (Lipinski definition) is 2. The molecule has 2 aromatic rings. The Kier molecular flexibility index (Phi) is 6.74. The molecule has 6 nitrogen and oxygen atoms in total. The number of rotatable bonds is 5. The lowest BCUT2D eigenvalue weighted by molar-refractivity contribution is -0.130. The maximum Gasteiger partial charge on any atom is 0.233 e. The maximum atomic E-state index is 12.7. The van der Waals surface area contributed by atoms with Gasteiger partial charge in [0.1, 0.15) is 5.01 Å². The largest absolute Gasteiger partial charge is 0.381 e. The number of aromatic nitrogens is 2. The molecule has 0 bridgehead atoms. The van der Waals surface area contributed by atoms with E-state index in [2.05, 4.69) is 41.5 Å². The van der Waals surface area contributed by atoms with E-state index in [9.17, 15) is 4.79 Å². The summed E-state index contributed by atoms with van der Waals surface area (Å²) >= 11 is 1.41. The van der Waals surface area contributed by atoms with Crippen molar-refractivity contribution in [1.29, 1.82) is 0 Å². The molecule has 0 spiro atoms. The molecule has 0 atom stereocenters. The van der Waals surface area contributed by atoms with Crippen LogP contribution in [0.15, 0.2) is 30.3 Å². The second kappa shape index (κ2) is 8.43. The monoisotopic (exact) mass is 396 g/mol. The van der Waals surface area contributed by atoms with Crippen LogP contribution in [0, 0.1) is 5.41 Å². The minimum absolute atomic E-state index is 0. The molecule has 1 fully saturated rings. The Hall–Kier alpha value is -1.54. The van der Waals surface area contributed by atoms with E-state index in [1.807, 2.05) is 18.2 Å². The number of carbonyl (C=O) groups is 1. The number of nitrogens with one attached hydrogen (secondary N) is 1. The fourth-order valence-electron chi connectivity index (χ4n) is 3.02. The first kappa shape index (κ1) is 20.8. The molecule has 0 radical (unpaired) electrons. The number of hydrogen-bond acceptors (Lipinski definition) is 6. The summed E-state index contributed by atoms with van der Waals surface area (Å²) in [5, 5.41) is 12.8. The summed E-state index contributed by atoms with van der Waals surface area (Å²) in [5.41, 5.74) is 6.21. The third kappa shape index (κ3) is 4.06. The zero-order valence-electron chi connectivity index (χ0n) is 15.0. The van der Waals surface area contributed by atoms with E-state index in [4.69, 9.17) is 10.5 Å². The van der Waals surface area contributed by atoms with Gasteiger partial charge in [0.05, 0.1) is 5.41 Å². The molecule has 1 amide bonds. The zero-order valence-corrected chi connectivity index (χ0v) is 16.7. The first-order chi connectivity index (χ1) is 12.0. The average molecular weight is 397 g/mol. The molecule has 3 rings (SSSR count). The molecular formula is C18H25ClN4O2S. The number of carbonyl (C=O) groups excluding carboxylic acids is 1. The Bertz CT molecular complexity index is 730. The van der Waals surface area contributed by atoms with Crippen LogP contribution in [0.25, 0.3) is 0 Å². The Morgan fingerprint density at radius 3 is 2.54 bits per heavy atom. The van der Waals surface area contributed by atoms with Crippen LogP contribution in [0.1, 0.15) is 37.3 Å². The van der Waals surface area contributed by atoms with Gasteiger partial charge in [0.25, 0.3) is 0 Å². The number of nitrogens with two attached hydrogens (primary N) is 1. The van der Waals surface area contributed by atoms with Gasteiger partial charge < -0.3 is 10.5 Å². The zero-order chi connectivity index (χ0) is 17.9. The highest BCUT2D eigenvalue weighted by Crippen LogP contribution is 2.36. The summed E-state index contributed by atoms with van der Waals surface area (Å²) in [4.78, 5) is 12.7. The quantitative estimate of drug-likeness (QED) is 0.810. The minimum Gasteiger partial charge on any atom is -0.381 e. The topological polar surface area (TPSA) is 90.1 Å². The van der Waals surface area contributed by atoms with Gasteiger partial charge in [-0.05, 0) is 32.3 Å². The van der Waals surface area contributed by atoms with E-state index in [0.717, 1.165) is 10.6 Å². The number of anilines is 1. The van der Waals surface area contributed by atoms with Crippen molar-refractivity contribution in [2.24, 2.45) is 11.1 Å². The van der Waals surface area contributed by atoms with Crippen LogP contribution in [0.2, 0.25) is 0 Å². The molecule has 0 saturated carbocycles. The van der Waals surface area contributed by atoms with Crippen LogP contribution in [0.3, 0.4) is 0 Å². The lowest BCUT2D eigenvalue weighted by atomic mass is 9.79. The van der Waals surface area contributed by atoms with E-state index in [1.54, 1.807) is 0 Å². The van der Waals surface area contributed by atoms with Crippen molar-refractivity contribution < 1.29 is 9.53 Å². The fraction of sp³-hybridized carbons (Fsp3) is 0.500. The second-order valence-corrected chi connectivity index (χ2v) is 7.93. The standard InChI is InChI=1S/C18H24N4O2S.ClH/c1-17(2,13-6-4-3-5-7-13)15-21-22-16(25-15)20-14(23)18(12-19)8-10-24-11-9-18;/h3-7H,8-12,19H2,1-2H3,(H,20,22,23);1H. The predicted octanol–water partition coefficient (Wildman–Crippen LogP) is 2.98. The SMILES string of the molecule is CC(C)(c1ccccc1)c1nnc(NC(=O)C2(CN)CCOCC2)s1.Cl. The molecule has 0 unspecified atom stereocenters. The van der Waals surface area contributed by atoms with E-state index in [1.165, 1.54) is 11.3 Å². The maximum absolute atomic E-state index is 12.7. The van der Waals surface area contributed by atoms with Gasteiger partial charge >= 0.3 is 0 Å². The number of benzene rings is 1. The van der Waals surface area contributed by atoms with Gasteiger partial charge in [0, 0.05) is 25.2 Å². The van der Waals surface area contributed by atoms with Gasteiger partial charge in [0.2, 0.25) is 11.0 Å². The Balaban J connectivity index is 0.00000243. The summed E-state index contributed by atoms with van der Waals surface area (Å²) < 4.78 is 5.36. The number of halogens is 1. The molecule has 1 aromatic carbocycles. The fourth-order valence-corrected chi connectivity index (χ4v) is 3.88. The normalized spacial score (nSPS) is 16.6. The van der Waals surface area contributed by atoms with Crippen molar-refractivity contribution in [3.8, 4) is 0 Å². The van der Waals surface area contributed by atoms with Crippen LogP contribution in [0.5, 0.6) is 0 Å². The van der Waals surface area contributed by atoms with E-state index in [0.29, 0.717) is 37.7 Å². The first-order valence-corrected chi connectivity index (χ1v) is 9.28. The Morgan fingerprint density at radius 1 is 1.27 bits per heavy atom. The molecule has 3 N–H and O–H groups in total. The molecule has 1 aliphatic heterocycles. The second-order valence-electron chi connectivity index (χ2n) is 6.95. The summed E-state index contributed by atoms with van der Waals surface area (Å²) in [5.74, 6) is -0.0847. The average Bonchev–Trinajstić information content (AvgIpc) is 3.12. The highest BCUT2D eigenvalue weighted by atomic mass is 35.5. The van der Waals surface area contributed by atoms with Crippen molar-refractivity contribution >= 4 is 34.8 Å². The molecule has 0 aliphatic carbocycles. The molecule has 142 valence electrons. The van der Waals surface area contributed by atoms with Gasteiger partial charge in [-0.2, -0.15) is 0 Å². The highest BCUT2D eigenvalue weighted by Gasteiger charge is 2.39. The minimum atomic E-state index is -0.570. The predicted molar refractivity (Wildman–Crippen MR) is 106 cm³/mol. The molecule has 26 heavy (non-hydrogen) atoms. The summed E-state index contributed by atoms with van der Waals surface area (Å²) in [6, 6.07) is 10.2. The lowest BCUT2D eigenvalue weighted by Crippen LogP contribution is -2.46. The Labute approximate surface area is 163 Å². The number of nitrogens with zero attached hydrogens (tertiary/aromatic N) is 2. The molecule has 1 aromatic heterocycles. The molecule has 2 heterocycles. The van der Waals surface area contributed by atoms with Crippen molar-refractivity contribution in [3.05, 3.63) is 40.9 Å². The number of ether oxygens (including phenoxy) is 1. The summed E-state index contributed by atoms with van der Waals surface area (Å²) in [6.07, 6.45) is 1.27. The van der Waals surface area contributed by atoms with Crippen molar-refractivity contribution in [1.82, 2.24) is 10.2 Å². The van der Waals surface area contributed by atoms with Gasteiger partial charge in [-0.3, -0.25) is 10.1 Å².